The third-order valence-corrected chi connectivity index (χ3v) is 1.79. The zero-order valence-corrected chi connectivity index (χ0v) is 12.6. The second kappa shape index (κ2) is 8.62. The zero-order chi connectivity index (χ0) is 15.8. The second-order valence-corrected chi connectivity index (χ2v) is 5.03. The van der Waals surface area contributed by atoms with Gasteiger partial charge in [0.15, 0.2) is 12.4 Å². The van der Waals surface area contributed by atoms with Gasteiger partial charge in [0.25, 0.3) is 5.70 Å². The molecule has 1 aromatic rings. The van der Waals surface area contributed by atoms with Gasteiger partial charge in [0.05, 0.1) is 6.20 Å². The van der Waals surface area contributed by atoms with Crippen LogP contribution in [0, 0.1) is 10.2 Å². The van der Waals surface area contributed by atoms with E-state index in [1.54, 1.807) is 0 Å². The van der Waals surface area contributed by atoms with Gasteiger partial charge in [0.1, 0.15) is 14.1 Å². The van der Waals surface area contributed by atoms with E-state index < -0.39 is 10.2 Å². The molecule has 1 aromatic heterocycles. The van der Waals surface area contributed by atoms with Gasteiger partial charge < -0.3 is 4.90 Å². The van der Waals surface area contributed by atoms with E-state index in [2.05, 4.69) is 17.0 Å². The molecule has 0 saturated heterocycles. The van der Waals surface area contributed by atoms with Crippen LogP contribution in [0.3, 0.4) is 0 Å². The molecule has 0 unspecified atom stereocenters. The van der Waals surface area contributed by atoms with Crippen LogP contribution >= 0.6 is 0 Å². The van der Waals surface area contributed by atoms with Crippen LogP contribution in [0.5, 0.6) is 0 Å². The van der Waals surface area contributed by atoms with Gasteiger partial charge in [-0.2, -0.15) is 4.57 Å². The highest BCUT2D eigenvalue weighted by Gasteiger charge is 2.10. The fourth-order valence-corrected chi connectivity index (χ4v) is 1.27. The van der Waals surface area contributed by atoms with Gasteiger partial charge in [-0.1, -0.05) is 6.07 Å². The fourth-order valence-electron chi connectivity index (χ4n) is 1.27. The molecule has 0 bridgehead atoms. The number of hydrogen-bond donors (Lipinski definition) is 0. The molecule has 0 aliphatic rings. The predicted molar refractivity (Wildman–Crippen MR) is 62.8 cm³/mol. The molecule has 7 nitrogen and oxygen atoms in total. The molecule has 112 valence electrons. The van der Waals surface area contributed by atoms with Gasteiger partial charge >= 0.3 is 0 Å². The molecule has 0 N–H and O–H groups in total. The molecule has 0 aromatic carbocycles. The largest absolute Gasteiger partial charge is 0.378 e. The molecule has 0 atom stereocenters. The number of hydrogen-bond acceptors (Lipinski definition) is 5. The van der Waals surface area contributed by atoms with Gasteiger partial charge in [-0.25, -0.2) is 23.2 Å². The molecule has 0 amide bonds. The Labute approximate surface area is 120 Å². The van der Waals surface area contributed by atoms with Crippen LogP contribution in [0.2, 0.25) is 0 Å². The molecule has 1 heterocycles. The van der Waals surface area contributed by atoms with E-state index in [9.17, 15) is 0 Å². The van der Waals surface area contributed by atoms with E-state index in [4.69, 9.17) is 18.6 Å². The summed E-state index contributed by atoms with van der Waals surface area (Å²) in [6, 6.07) is 6.06. The first-order valence-electron chi connectivity index (χ1n) is 5.57. The molecular formula is C12H19ClN3O4+. The molecule has 0 aliphatic heterocycles. The standard InChI is InChI=1S/C12H19N3.ClHO4/c1-13(2)10-12(11-14(3)4)15-8-6-5-7-9-15;2-1(3,4)5/h5-11H,1-4H3;(H,2,3,4,5)/q+2;/p-1. The minimum Gasteiger partial charge on any atom is -0.378 e. The minimum atomic E-state index is -4.94. The number of aromatic nitrogens is 1. The van der Waals surface area contributed by atoms with E-state index >= 15 is 0 Å². The molecule has 0 spiro atoms. The number of pyridine rings is 1. The van der Waals surface area contributed by atoms with Gasteiger partial charge in [0, 0.05) is 26.2 Å². The van der Waals surface area contributed by atoms with Gasteiger partial charge in [-0.3, -0.25) is 0 Å². The summed E-state index contributed by atoms with van der Waals surface area (Å²) in [7, 11) is 3.14. The lowest BCUT2D eigenvalue weighted by atomic mass is 10.4. The van der Waals surface area contributed by atoms with Crippen molar-refractivity contribution in [3.05, 3.63) is 36.8 Å². The summed E-state index contributed by atoms with van der Waals surface area (Å²) in [6.45, 7) is 0. The number of rotatable bonds is 3. The molecule has 0 aliphatic carbocycles. The first-order valence-corrected chi connectivity index (χ1v) is 6.81. The van der Waals surface area contributed by atoms with E-state index in [1.165, 1.54) is 0 Å². The first-order chi connectivity index (χ1) is 9.09. The molecule has 0 radical (unpaired) electrons. The predicted octanol–water partition coefficient (Wildman–Crippen LogP) is -4.08. The van der Waals surface area contributed by atoms with Crippen LogP contribution in [0.25, 0.3) is 5.70 Å². The zero-order valence-electron chi connectivity index (χ0n) is 11.9. The number of halogens is 1. The molecule has 20 heavy (non-hydrogen) atoms. The van der Waals surface area contributed by atoms with E-state index in [0.29, 0.717) is 0 Å². The van der Waals surface area contributed by atoms with E-state index in [0.717, 1.165) is 5.70 Å². The Morgan fingerprint density at radius 2 is 1.50 bits per heavy atom. The van der Waals surface area contributed by atoms with Crippen LogP contribution in [-0.2, 0) is 0 Å². The van der Waals surface area contributed by atoms with E-state index in [-0.39, 0.29) is 0 Å². The van der Waals surface area contributed by atoms with Crippen LogP contribution in [0.15, 0.2) is 36.8 Å². The van der Waals surface area contributed by atoms with Crippen molar-refractivity contribution < 1.29 is 38.0 Å². The Balaban J connectivity index is 0.000000621. The maximum Gasteiger partial charge on any atom is 0.290 e. The fraction of sp³-hybridized carbons (Fsp3) is 0.333. The van der Waals surface area contributed by atoms with Crippen molar-refractivity contribution in [3.63, 3.8) is 0 Å². The quantitative estimate of drug-likeness (QED) is 0.417. The topological polar surface area (TPSA) is 102 Å². The van der Waals surface area contributed by atoms with Crippen molar-refractivity contribution >= 4 is 11.9 Å². The van der Waals surface area contributed by atoms with Gasteiger partial charge in [-0.05, 0) is 0 Å². The highest BCUT2D eigenvalue weighted by atomic mass is 35.7. The van der Waals surface area contributed by atoms with Crippen molar-refractivity contribution in [1.82, 2.24) is 4.90 Å². The molecule has 0 saturated carbocycles. The monoisotopic (exact) mass is 304 g/mol. The second-order valence-electron chi connectivity index (χ2n) is 4.27. The maximum atomic E-state index is 8.49. The summed E-state index contributed by atoms with van der Waals surface area (Å²) in [5.74, 6) is 0. The Morgan fingerprint density at radius 3 is 1.85 bits per heavy atom. The molecule has 8 heteroatoms. The van der Waals surface area contributed by atoms with Crippen LogP contribution < -0.4 is 23.2 Å². The van der Waals surface area contributed by atoms with Crippen molar-refractivity contribution in [1.29, 1.82) is 0 Å². The minimum absolute atomic E-state index is 1.13. The highest BCUT2D eigenvalue weighted by Crippen LogP contribution is 1.91. The SMILES string of the molecule is CN(C)/C=C(/C=[N+](C)C)[n+]1ccccc1.[O-][Cl+3]([O-])([O-])[O-]. The summed E-state index contributed by atoms with van der Waals surface area (Å²) in [5.41, 5.74) is 1.13. The number of allylic oxidation sites excluding steroid dienone is 1. The van der Waals surface area contributed by atoms with Crippen LogP contribution in [0.1, 0.15) is 0 Å². The highest BCUT2D eigenvalue weighted by molar-refractivity contribution is 5.94. The van der Waals surface area contributed by atoms with Crippen LogP contribution in [0.4, 0.5) is 0 Å². The third-order valence-electron chi connectivity index (χ3n) is 1.79. The lowest BCUT2D eigenvalue weighted by Crippen LogP contribution is -2.68. The Morgan fingerprint density at radius 1 is 1.05 bits per heavy atom. The molecule has 1 rings (SSSR count). The number of nitrogens with zero attached hydrogens (tertiary/aromatic N) is 3. The summed E-state index contributed by atoms with van der Waals surface area (Å²) < 4.78 is 38.1. The Kier molecular flexibility index (Phi) is 7.97. The van der Waals surface area contributed by atoms with Gasteiger partial charge in [0.2, 0.25) is 6.21 Å². The summed E-state index contributed by atoms with van der Waals surface area (Å²) in [5, 5.41) is 0. The van der Waals surface area contributed by atoms with Crippen molar-refractivity contribution in [2.24, 2.45) is 0 Å². The lowest BCUT2D eigenvalue weighted by molar-refractivity contribution is -2.00. The molecular weight excluding hydrogens is 286 g/mol. The average Bonchev–Trinajstić information content (AvgIpc) is 2.26. The Bertz CT molecular complexity index is 446. The lowest BCUT2D eigenvalue weighted by Gasteiger charge is -2.17. The van der Waals surface area contributed by atoms with Crippen molar-refractivity contribution in [2.75, 3.05) is 28.2 Å². The summed E-state index contributed by atoms with van der Waals surface area (Å²) in [4.78, 5) is 2.04. The van der Waals surface area contributed by atoms with E-state index in [1.807, 2.05) is 68.3 Å². The van der Waals surface area contributed by atoms with Crippen molar-refractivity contribution in [2.45, 2.75) is 0 Å². The maximum absolute atomic E-state index is 8.49. The van der Waals surface area contributed by atoms with Crippen molar-refractivity contribution in [3.8, 4) is 0 Å². The smallest absolute Gasteiger partial charge is 0.290 e. The summed E-state index contributed by atoms with van der Waals surface area (Å²) in [6.07, 6.45) is 8.24. The van der Waals surface area contributed by atoms with Gasteiger partial charge in [-0.15, -0.1) is 10.2 Å². The average molecular weight is 305 g/mol. The first kappa shape index (κ1) is 18.5. The summed E-state index contributed by atoms with van der Waals surface area (Å²) >= 11 is 0. The van der Waals surface area contributed by atoms with Crippen LogP contribution in [-0.4, -0.2) is 43.9 Å². The Hall–Kier alpha value is -1.51. The molecule has 0 fully saturated rings. The normalized spacial score (nSPS) is 11.3. The third kappa shape index (κ3) is 11.6.